The maximum atomic E-state index is 12.9. The zero-order valence-corrected chi connectivity index (χ0v) is 21.0. The lowest BCUT2D eigenvalue weighted by Gasteiger charge is -2.32. The molecule has 1 aliphatic rings. The van der Waals surface area contributed by atoms with Gasteiger partial charge in [-0.15, -0.1) is 0 Å². The summed E-state index contributed by atoms with van der Waals surface area (Å²) in [5.41, 5.74) is 4.69. The van der Waals surface area contributed by atoms with E-state index in [-0.39, 0.29) is 11.8 Å². The summed E-state index contributed by atoms with van der Waals surface area (Å²) < 4.78 is 0. The Morgan fingerprint density at radius 1 is 1.06 bits per heavy atom. The Bertz CT molecular complexity index is 1050. The van der Waals surface area contributed by atoms with E-state index in [0.29, 0.717) is 19.0 Å². The minimum atomic E-state index is -0.0178. The average molecular weight is 472 g/mol. The van der Waals surface area contributed by atoms with Gasteiger partial charge >= 0.3 is 0 Å². The van der Waals surface area contributed by atoms with Crippen LogP contribution in [-0.4, -0.2) is 53.5 Å². The van der Waals surface area contributed by atoms with Crippen molar-refractivity contribution in [2.75, 3.05) is 37.6 Å². The van der Waals surface area contributed by atoms with Gasteiger partial charge in [0.05, 0.1) is 5.92 Å². The number of benzene rings is 2. The number of amides is 1. The highest BCUT2D eigenvalue weighted by molar-refractivity contribution is 5.79. The number of anilines is 1. The zero-order chi connectivity index (χ0) is 24.5. The number of aryl methyl sites for hydroxylation is 1. The summed E-state index contributed by atoms with van der Waals surface area (Å²) >= 11 is 0. The quantitative estimate of drug-likeness (QED) is 0.435. The van der Waals surface area contributed by atoms with Crippen molar-refractivity contribution in [1.29, 1.82) is 0 Å². The number of piperidine rings is 1. The average Bonchev–Trinajstić information content (AvgIpc) is 2.91. The summed E-state index contributed by atoms with van der Waals surface area (Å²) in [6.07, 6.45) is 6.60. The third-order valence-electron chi connectivity index (χ3n) is 6.74. The summed E-state index contributed by atoms with van der Waals surface area (Å²) in [6.45, 7) is 9.47. The molecule has 0 saturated carbocycles. The van der Waals surface area contributed by atoms with Crippen LogP contribution in [0.4, 0.5) is 5.95 Å². The van der Waals surface area contributed by atoms with Gasteiger partial charge in [0.2, 0.25) is 11.9 Å². The normalized spacial score (nSPS) is 15.9. The molecule has 1 atom stereocenters. The van der Waals surface area contributed by atoms with Crippen molar-refractivity contribution in [3.8, 4) is 11.1 Å². The van der Waals surface area contributed by atoms with E-state index in [4.69, 9.17) is 0 Å². The van der Waals surface area contributed by atoms with Crippen LogP contribution in [0, 0.1) is 12.8 Å². The van der Waals surface area contributed by atoms with Gasteiger partial charge in [0.1, 0.15) is 0 Å². The highest BCUT2D eigenvalue weighted by Crippen LogP contribution is 2.23. The Morgan fingerprint density at radius 2 is 1.80 bits per heavy atom. The molecule has 0 spiro atoms. The lowest BCUT2D eigenvalue weighted by Crippen LogP contribution is -2.44. The van der Waals surface area contributed by atoms with Crippen molar-refractivity contribution >= 4 is 11.9 Å². The number of hydrogen-bond acceptors (Lipinski definition) is 5. The van der Waals surface area contributed by atoms with Crippen molar-refractivity contribution in [2.24, 2.45) is 5.92 Å². The summed E-state index contributed by atoms with van der Waals surface area (Å²) in [5.74, 6) is 0.839. The van der Waals surface area contributed by atoms with Gasteiger partial charge in [-0.05, 0) is 43.9 Å². The standard InChI is InChI=1S/C29H37N5O/c1-3-33(21-24-9-5-4-6-10-24)17-8-16-30-28(35)26-11-7-18-34(22-26)29-31-19-27(20-32-29)25-14-12-23(2)13-15-25/h4-6,9-10,12-15,19-20,26H,3,7-8,11,16-18,21-22H2,1-2H3,(H,30,35). The van der Waals surface area contributed by atoms with Crippen molar-refractivity contribution in [1.82, 2.24) is 20.2 Å². The first-order chi connectivity index (χ1) is 17.1. The smallest absolute Gasteiger partial charge is 0.225 e. The van der Waals surface area contributed by atoms with E-state index in [1.54, 1.807) is 0 Å². The minimum absolute atomic E-state index is 0.0178. The molecule has 0 aliphatic carbocycles. The second-order valence-electron chi connectivity index (χ2n) is 9.42. The van der Waals surface area contributed by atoms with Crippen LogP contribution in [0.25, 0.3) is 11.1 Å². The Balaban J connectivity index is 1.23. The molecule has 184 valence electrons. The van der Waals surface area contributed by atoms with Crippen LogP contribution in [-0.2, 0) is 11.3 Å². The summed E-state index contributed by atoms with van der Waals surface area (Å²) in [7, 11) is 0. The molecule has 0 radical (unpaired) electrons. The Labute approximate surface area is 209 Å². The topological polar surface area (TPSA) is 61.4 Å². The van der Waals surface area contributed by atoms with E-state index in [1.807, 2.05) is 18.5 Å². The van der Waals surface area contributed by atoms with E-state index in [9.17, 15) is 4.79 Å². The van der Waals surface area contributed by atoms with Crippen LogP contribution in [0.2, 0.25) is 0 Å². The number of nitrogens with one attached hydrogen (secondary N) is 1. The number of hydrogen-bond donors (Lipinski definition) is 1. The molecule has 1 fully saturated rings. The van der Waals surface area contributed by atoms with Crippen LogP contribution in [0.5, 0.6) is 0 Å². The third kappa shape index (κ3) is 7.12. The van der Waals surface area contributed by atoms with Gasteiger partial charge in [0.15, 0.2) is 0 Å². The fourth-order valence-electron chi connectivity index (χ4n) is 4.60. The van der Waals surface area contributed by atoms with Crippen molar-refractivity contribution < 1.29 is 4.79 Å². The molecule has 1 amide bonds. The molecule has 1 saturated heterocycles. The Morgan fingerprint density at radius 3 is 2.51 bits per heavy atom. The molecule has 0 bridgehead atoms. The molecular formula is C29H37N5O. The molecule has 35 heavy (non-hydrogen) atoms. The number of carbonyl (C=O) groups is 1. The first-order valence-corrected chi connectivity index (χ1v) is 12.8. The second kappa shape index (κ2) is 12.5. The second-order valence-corrected chi connectivity index (χ2v) is 9.42. The van der Waals surface area contributed by atoms with E-state index in [0.717, 1.165) is 56.6 Å². The minimum Gasteiger partial charge on any atom is -0.356 e. The highest BCUT2D eigenvalue weighted by atomic mass is 16.1. The maximum absolute atomic E-state index is 12.9. The predicted molar refractivity (Wildman–Crippen MR) is 142 cm³/mol. The Kier molecular flexibility index (Phi) is 8.85. The van der Waals surface area contributed by atoms with Gasteiger partial charge in [0.25, 0.3) is 0 Å². The van der Waals surface area contributed by atoms with E-state index in [1.165, 1.54) is 11.1 Å². The van der Waals surface area contributed by atoms with Gasteiger partial charge in [-0.1, -0.05) is 67.1 Å². The molecule has 6 heteroatoms. The molecule has 4 rings (SSSR count). The number of aromatic nitrogens is 2. The van der Waals surface area contributed by atoms with Gasteiger partial charge in [-0.25, -0.2) is 9.97 Å². The van der Waals surface area contributed by atoms with Gasteiger partial charge < -0.3 is 10.2 Å². The van der Waals surface area contributed by atoms with Crippen molar-refractivity contribution in [2.45, 2.75) is 39.7 Å². The fraction of sp³-hybridized carbons (Fsp3) is 0.414. The number of nitrogens with zero attached hydrogens (tertiary/aromatic N) is 4. The molecule has 1 N–H and O–H groups in total. The van der Waals surface area contributed by atoms with Crippen molar-refractivity contribution in [3.05, 3.63) is 78.1 Å². The largest absolute Gasteiger partial charge is 0.356 e. The van der Waals surface area contributed by atoms with Crippen LogP contribution >= 0.6 is 0 Å². The Hall–Kier alpha value is -3.25. The molecular weight excluding hydrogens is 434 g/mol. The van der Waals surface area contributed by atoms with Crippen LogP contribution < -0.4 is 10.2 Å². The fourth-order valence-corrected chi connectivity index (χ4v) is 4.60. The maximum Gasteiger partial charge on any atom is 0.225 e. The summed E-state index contributed by atoms with van der Waals surface area (Å²) in [6, 6.07) is 18.9. The highest BCUT2D eigenvalue weighted by Gasteiger charge is 2.27. The summed E-state index contributed by atoms with van der Waals surface area (Å²) in [4.78, 5) is 26.6. The monoisotopic (exact) mass is 471 g/mol. The van der Waals surface area contributed by atoms with Crippen LogP contribution in [0.3, 0.4) is 0 Å². The molecule has 1 aliphatic heterocycles. The molecule has 3 aromatic rings. The van der Waals surface area contributed by atoms with Crippen LogP contribution in [0.1, 0.15) is 37.3 Å². The van der Waals surface area contributed by atoms with E-state index in [2.05, 4.69) is 87.5 Å². The molecule has 1 aromatic heterocycles. The van der Waals surface area contributed by atoms with Gasteiger partial charge in [0, 0.05) is 50.7 Å². The van der Waals surface area contributed by atoms with Crippen LogP contribution in [0.15, 0.2) is 67.0 Å². The van der Waals surface area contributed by atoms with Gasteiger partial charge in [-0.3, -0.25) is 9.69 Å². The molecule has 1 unspecified atom stereocenters. The van der Waals surface area contributed by atoms with Crippen molar-refractivity contribution in [3.63, 3.8) is 0 Å². The SMILES string of the molecule is CCN(CCCNC(=O)C1CCCN(c2ncc(-c3ccc(C)cc3)cn2)C1)Cc1ccccc1. The predicted octanol–water partition coefficient (Wildman–Crippen LogP) is 4.70. The molecule has 2 heterocycles. The van der Waals surface area contributed by atoms with E-state index >= 15 is 0 Å². The zero-order valence-electron chi connectivity index (χ0n) is 21.0. The molecule has 2 aromatic carbocycles. The lowest BCUT2D eigenvalue weighted by molar-refractivity contribution is -0.125. The first-order valence-electron chi connectivity index (χ1n) is 12.8. The number of rotatable bonds is 10. The van der Waals surface area contributed by atoms with Gasteiger partial charge in [-0.2, -0.15) is 0 Å². The first kappa shape index (κ1) is 24.9. The molecule has 6 nitrogen and oxygen atoms in total. The summed E-state index contributed by atoms with van der Waals surface area (Å²) in [5, 5.41) is 3.17. The third-order valence-corrected chi connectivity index (χ3v) is 6.74. The lowest BCUT2D eigenvalue weighted by atomic mass is 9.97. The number of carbonyl (C=O) groups excluding carboxylic acids is 1. The van der Waals surface area contributed by atoms with E-state index < -0.39 is 0 Å².